The number of hydrogen-bond acceptors (Lipinski definition) is 4. The molecule has 0 radical (unpaired) electrons. The molecule has 1 atom stereocenters. The molecule has 0 aliphatic rings. The van der Waals surface area contributed by atoms with Gasteiger partial charge in [0.25, 0.3) is 0 Å². The van der Waals surface area contributed by atoms with Crippen LogP contribution >= 0.6 is 27.3 Å². The fraction of sp³-hybridized carbons (Fsp3) is 0.444. The van der Waals surface area contributed by atoms with Gasteiger partial charge in [0, 0.05) is 30.6 Å². The molecule has 0 saturated carbocycles. The molecule has 1 aromatic carbocycles. The maximum absolute atomic E-state index is 5.33. The van der Waals surface area contributed by atoms with Crippen molar-refractivity contribution in [3.63, 3.8) is 0 Å². The molecule has 0 amide bonds. The Bertz CT molecular complexity index is 704. The number of ether oxygens (including phenoxy) is 1. The third kappa shape index (κ3) is 6.09. The molecular weight excluding hydrogens is 400 g/mol. The number of aromatic nitrogens is 1. The van der Waals surface area contributed by atoms with E-state index < -0.39 is 0 Å². The van der Waals surface area contributed by atoms with Crippen LogP contribution < -0.4 is 5.32 Å². The molecule has 5 nitrogen and oxygen atoms in total. The van der Waals surface area contributed by atoms with Crippen LogP contribution in [0.2, 0.25) is 0 Å². The largest absolute Gasteiger partial charge is 0.375 e. The third-order valence-corrected chi connectivity index (χ3v) is 5.21. The Morgan fingerprint density at radius 1 is 1.48 bits per heavy atom. The lowest BCUT2D eigenvalue weighted by molar-refractivity contribution is 0.119. The minimum Gasteiger partial charge on any atom is -0.375 e. The Labute approximate surface area is 162 Å². The van der Waals surface area contributed by atoms with Crippen LogP contribution in [0, 0.1) is 0 Å². The van der Waals surface area contributed by atoms with E-state index in [0.717, 1.165) is 27.7 Å². The van der Waals surface area contributed by atoms with Gasteiger partial charge in [-0.05, 0) is 31.5 Å². The Morgan fingerprint density at radius 3 is 2.96 bits per heavy atom. The monoisotopic (exact) mass is 424 g/mol. The van der Waals surface area contributed by atoms with Crippen molar-refractivity contribution in [1.82, 2.24) is 15.2 Å². The van der Waals surface area contributed by atoms with Crippen LogP contribution in [-0.2, 0) is 17.8 Å². The van der Waals surface area contributed by atoms with E-state index in [9.17, 15) is 0 Å². The van der Waals surface area contributed by atoms with Crippen LogP contribution in [0.4, 0.5) is 0 Å². The Morgan fingerprint density at radius 2 is 2.28 bits per heavy atom. The van der Waals surface area contributed by atoms with Gasteiger partial charge < -0.3 is 15.0 Å². The lowest BCUT2D eigenvalue weighted by atomic mass is 10.2. The van der Waals surface area contributed by atoms with Gasteiger partial charge in [-0.3, -0.25) is 0 Å². The average Bonchev–Trinajstić information content (AvgIpc) is 3.06. The van der Waals surface area contributed by atoms with Gasteiger partial charge in [0.05, 0.1) is 18.8 Å². The highest BCUT2D eigenvalue weighted by Gasteiger charge is 2.12. The Hall–Kier alpha value is -1.44. The zero-order valence-corrected chi connectivity index (χ0v) is 17.5. The number of halogens is 1. The zero-order valence-electron chi connectivity index (χ0n) is 15.1. The molecule has 2 rings (SSSR count). The molecule has 0 bridgehead atoms. The summed E-state index contributed by atoms with van der Waals surface area (Å²) in [7, 11) is 3.73. The molecule has 136 valence electrons. The summed E-state index contributed by atoms with van der Waals surface area (Å²) in [6.45, 7) is 6.25. The first kappa shape index (κ1) is 19.9. The van der Waals surface area contributed by atoms with Gasteiger partial charge in [0.1, 0.15) is 11.1 Å². The van der Waals surface area contributed by atoms with Gasteiger partial charge in [-0.25, -0.2) is 9.98 Å². The van der Waals surface area contributed by atoms with E-state index in [1.165, 1.54) is 5.56 Å². The fourth-order valence-electron chi connectivity index (χ4n) is 2.27. The van der Waals surface area contributed by atoms with Crippen LogP contribution in [0.3, 0.4) is 0 Å². The van der Waals surface area contributed by atoms with Crippen molar-refractivity contribution in [2.45, 2.75) is 33.0 Å². The second-order valence-corrected chi connectivity index (χ2v) is 7.52. The van der Waals surface area contributed by atoms with E-state index in [-0.39, 0.29) is 6.10 Å². The number of methoxy groups -OCH3 is 1. The molecule has 0 aliphatic heterocycles. The lowest BCUT2D eigenvalue weighted by Gasteiger charge is -2.21. The molecule has 0 aliphatic carbocycles. The first-order chi connectivity index (χ1) is 12.0. The summed E-state index contributed by atoms with van der Waals surface area (Å²) < 4.78 is 6.40. The zero-order chi connectivity index (χ0) is 18.2. The van der Waals surface area contributed by atoms with Gasteiger partial charge in [-0.15, -0.1) is 11.3 Å². The molecule has 0 saturated heterocycles. The van der Waals surface area contributed by atoms with Crippen LogP contribution in [0.15, 0.2) is 39.1 Å². The third-order valence-electron chi connectivity index (χ3n) is 3.67. The molecular formula is C18H25BrN4OS. The number of hydrogen-bond donors (Lipinski definition) is 1. The van der Waals surface area contributed by atoms with Crippen molar-refractivity contribution < 1.29 is 4.74 Å². The summed E-state index contributed by atoms with van der Waals surface area (Å²) >= 11 is 5.13. The van der Waals surface area contributed by atoms with E-state index >= 15 is 0 Å². The number of nitrogens with one attached hydrogen (secondary N) is 1. The predicted octanol–water partition coefficient (Wildman–Crippen LogP) is 4.21. The van der Waals surface area contributed by atoms with E-state index in [2.05, 4.69) is 55.6 Å². The number of nitrogens with zero attached hydrogens (tertiary/aromatic N) is 3. The van der Waals surface area contributed by atoms with Gasteiger partial charge >= 0.3 is 0 Å². The molecule has 25 heavy (non-hydrogen) atoms. The first-order valence-corrected chi connectivity index (χ1v) is 9.91. The summed E-state index contributed by atoms with van der Waals surface area (Å²) in [5.74, 6) is 0.872. The van der Waals surface area contributed by atoms with Crippen molar-refractivity contribution >= 4 is 33.2 Å². The summed E-state index contributed by atoms with van der Waals surface area (Å²) in [6.07, 6.45) is 0.0301. The predicted molar refractivity (Wildman–Crippen MR) is 108 cm³/mol. The van der Waals surface area contributed by atoms with Gasteiger partial charge in [0.2, 0.25) is 0 Å². The van der Waals surface area contributed by atoms with Gasteiger partial charge in [-0.1, -0.05) is 28.1 Å². The number of thiazole rings is 1. The SMILES string of the molecule is CCNC(=NCc1cccc(Br)c1)N(C)Cc1csc(C(C)OC)n1. The minimum atomic E-state index is 0.0301. The minimum absolute atomic E-state index is 0.0301. The molecule has 1 heterocycles. The van der Waals surface area contributed by atoms with Crippen molar-refractivity contribution in [2.75, 3.05) is 20.7 Å². The number of rotatable bonds is 7. The van der Waals surface area contributed by atoms with Crippen molar-refractivity contribution in [3.05, 3.63) is 50.4 Å². The van der Waals surface area contributed by atoms with Crippen molar-refractivity contribution in [3.8, 4) is 0 Å². The highest BCUT2D eigenvalue weighted by molar-refractivity contribution is 9.10. The van der Waals surface area contributed by atoms with E-state index in [0.29, 0.717) is 13.1 Å². The standard InChI is InChI=1S/C18H25BrN4OS/c1-5-20-18(21-10-14-7-6-8-15(19)9-14)23(3)11-16-12-25-17(22-16)13(2)24-4/h6-9,12-13H,5,10-11H2,1-4H3,(H,20,21). The topological polar surface area (TPSA) is 49.8 Å². The van der Waals surface area contributed by atoms with Crippen LogP contribution in [-0.4, -0.2) is 36.5 Å². The number of guanidine groups is 1. The van der Waals surface area contributed by atoms with Crippen LogP contribution in [0.1, 0.15) is 36.2 Å². The van der Waals surface area contributed by atoms with Crippen molar-refractivity contribution in [2.24, 2.45) is 4.99 Å². The fourth-order valence-corrected chi connectivity index (χ4v) is 3.56. The summed E-state index contributed by atoms with van der Waals surface area (Å²) in [4.78, 5) is 11.5. The normalized spacial score (nSPS) is 12.9. The molecule has 1 N–H and O–H groups in total. The van der Waals surface area contributed by atoms with Crippen LogP contribution in [0.5, 0.6) is 0 Å². The maximum Gasteiger partial charge on any atom is 0.194 e. The van der Waals surface area contributed by atoms with E-state index in [1.54, 1.807) is 18.4 Å². The molecule has 7 heteroatoms. The summed E-state index contributed by atoms with van der Waals surface area (Å²) in [6, 6.07) is 8.22. The number of aliphatic imine (C=N–C) groups is 1. The highest BCUT2D eigenvalue weighted by atomic mass is 79.9. The average molecular weight is 425 g/mol. The lowest BCUT2D eigenvalue weighted by Crippen LogP contribution is -2.38. The molecule has 1 aromatic heterocycles. The second-order valence-electron chi connectivity index (χ2n) is 5.71. The molecule has 0 spiro atoms. The Balaban J connectivity index is 2.05. The maximum atomic E-state index is 5.33. The molecule has 1 unspecified atom stereocenters. The summed E-state index contributed by atoms with van der Waals surface area (Å²) in [5.41, 5.74) is 2.20. The molecule has 2 aromatic rings. The first-order valence-electron chi connectivity index (χ1n) is 8.24. The smallest absolute Gasteiger partial charge is 0.194 e. The molecule has 0 fully saturated rings. The van der Waals surface area contributed by atoms with Gasteiger partial charge in [0.15, 0.2) is 5.96 Å². The Kier molecular flexibility index (Phi) is 7.87. The highest BCUT2D eigenvalue weighted by Crippen LogP contribution is 2.21. The van der Waals surface area contributed by atoms with Gasteiger partial charge in [-0.2, -0.15) is 0 Å². The van der Waals surface area contributed by atoms with E-state index in [4.69, 9.17) is 9.73 Å². The quantitative estimate of drug-likeness (QED) is 0.534. The number of benzene rings is 1. The van der Waals surface area contributed by atoms with E-state index in [1.807, 2.05) is 26.1 Å². The van der Waals surface area contributed by atoms with Crippen LogP contribution in [0.25, 0.3) is 0 Å². The van der Waals surface area contributed by atoms with Crippen molar-refractivity contribution in [1.29, 1.82) is 0 Å². The summed E-state index contributed by atoms with van der Waals surface area (Å²) in [5, 5.41) is 6.43. The second kappa shape index (κ2) is 9.89.